The number of carbonyl (C=O) groups excluding carboxylic acids is 1. The number of alkyl halides is 4. The monoisotopic (exact) mass is 573 g/mol. The van der Waals surface area contributed by atoms with Crippen LogP contribution in [0.2, 0.25) is 5.02 Å². The van der Waals surface area contributed by atoms with Crippen LogP contribution in [0.1, 0.15) is 42.9 Å². The summed E-state index contributed by atoms with van der Waals surface area (Å²) in [6, 6.07) is 10.6. The van der Waals surface area contributed by atoms with Gasteiger partial charge in [0.15, 0.2) is 0 Å². The highest BCUT2D eigenvalue weighted by Crippen LogP contribution is 2.52. The van der Waals surface area contributed by atoms with E-state index in [1.807, 2.05) is 12.1 Å². The van der Waals surface area contributed by atoms with Gasteiger partial charge in [0.25, 0.3) is 0 Å². The Labute approximate surface area is 224 Å². The summed E-state index contributed by atoms with van der Waals surface area (Å²) < 4.78 is 84.7. The van der Waals surface area contributed by atoms with Gasteiger partial charge in [-0.2, -0.15) is 13.2 Å². The Kier molecular flexibility index (Phi) is 6.74. The van der Waals surface area contributed by atoms with E-state index in [1.54, 1.807) is 17.0 Å². The first-order valence-corrected chi connectivity index (χ1v) is 14.7. The molecule has 1 amide bonds. The number of rotatable bonds is 4. The van der Waals surface area contributed by atoms with E-state index in [0.29, 0.717) is 36.9 Å². The number of likely N-dealkylation sites (tertiary alicyclic amines) is 1. The largest absolute Gasteiger partial charge is 0.491 e. The van der Waals surface area contributed by atoms with E-state index in [9.17, 15) is 30.8 Å². The maximum atomic E-state index is 14.8. The Morgan fingerprint density at radius 2 is 1.76 bits per heavy atom. The summed E-state index contributed by atoms with van der Waals surface area (Å²) in [5, 5.41) is 0.560. The number of nitrogens with zero attached hydrogens (tertiary/aromatic N) is 1. The third-order valence-electron chi connectivity index (χ3n) is 8.42. The third kappa shape index (κ3) is 4.68. The van der Waals surface area contributed by atoms with Crippen molar-refractivity contribution in [3.8, 4) is 5.75 Å². The van der Waals surface area contributed by atoms with Gasteiger partial charge in [-0.25, -0.2) is 12.8 Å². The maximum absolute atomic E-state index is 14.8. The van der Waals surface area contributed by atoms with E-state index < -0.39 is 44.6 Å². The average Bonchev–Trinajstić information content (AvgIpc) is 3.23. The van der Waals surface area contributed by atoms with Crippen molar-refractivity contribution in [3.63, 3.8) is 0 Å². The van der Waals surface area contributed by atoms with Crippen molar-refractivity contribution < 1.29 is 35.5 Å². The van der Waals surface area contributed by atoms with Crippen LogP contribution in [0.15, 0.2) is 42.5 Å². The first-order chi connectivity index (χ1) is 17.7. The first-order valence-electron chi connectivity index (χ1n) is 12.5. The van der Waals surface area contributed by atoms with E-state index in [-0.39, 0.29) is 42.6 Å². The zero-order chi connectivity index (χ0) is 27.5. The van der Waals surface area contributed by atoms with Crippen molar-refractivity contribution >= 4 is 27.3 Å². The van der Waals surface area contributed by atoms with Crippen molar-refractivity contribution in [2.24, 2.45) is 5.92 Å². The number of hydrogen-bond donors (Lipinski definition) is 0. The molecule has 3 unspecified atom stereocenters. The molecule has 0 bridgehead atoms. The van der Waals surface area contributed by atoms with Crippen LogP contribution >= 0.6 is 11.6 Å². The van der Waals surface area contributed by atoms with Gasteiger partial charge in [-0.15, -0.1) is 0 Å². The van der Waals surface area contributed by atoms with Gasteiger partial charge in [0.05, 0.1) is 17.5 Å². The second-order valence-corrected chi connectivity index (χ2v) is 13.4. The molecule has 0 saturated carbocycles. The van der Waals surface area contributed by atoms with Crippen LogP contribution in [0.3, 0.4) is 0 Å². The Balaban J connectivity index is 1.53. The third-order valence-corrected chi connectivity index (χ3v) is 10.4. The highest BCUT2D eigenvalue weighted by Gasteiger charge is 2.57. The van der Waals surface area contributed by atoms with Gasteiger partial charge in [-0.1, -0.05) is 35.9 Å². The van der Waals surface area contributed by atoms with Crippen molar-refractivity contribution in [3.05, 3.63) is 64.2 Å². The summed E-state index contributed by atoms with van der Waals surface area (Å²) in [5.41, 5.74) is -3.21. The molecule has 0 N–H and O–H groups in total. The molecule has 3 aliphatic rings. The predicted molar refractivity (Wildman–Crippen MR) is 135 cm³/mol. The Morgan fingerprint density at radius 1 is 1.11 bits per heavy atom. The molecule has 5 nitrogen and oxygen atoms in total. The molecule has 206 valence electrons. The molecular formula is C27H28ClF4NO4S. The van der Waals surface area contributed by atoms with E-state index >= 15 is 0 Å². The van der Waals surface area contributed by atoms with Gasteiger partial charge in [0.2, 0.25) is 11.6 Å². The normalized spacial score (nSPS) is 26.7. The lowest BCUT2D eigenvalue weighted by atomic mass is 9.68. The Bertz CT molecular complexity index is 1330. The number of halogens is 5. The lowest BCUT2D eigenvalue weighted by Crippen LogP contribution is -2.53. The minimum absolute atomic E-state index is 0.0266. The first kappa shape index (κ1) is 27.2. The van der Waals surface area contributed by atoms with Crippen LogP contribution in [0.25, 0.3) is 0 Å². The van der Waals surface area contributed by atoms with Gasteiger partial charge in [0, 0.05) is 34.0 Å². The van der Waals surface area contributed by atoms with Crippen LogP contribution in [-0.4, -0.2) is 56.1 Å². The van der Waals surface area contributed by atoms with E-state index in [0.717, 1.165) is 17.7 Å². The summed E-state index contributed by atoms with van der Waals surface area (Å²) in [6.45, 7) is 0.925. The highest BCUT2D eigenvalue weighted by molar-refractivity contribution is 7.91. The Morgan fingerprint density at radius 3 is 2.39 bits per heavy atom. The average molecular weight is 574 g/mol. The number of ether oxygens (including phenoxy) is 1. The van der Waals surface area contributed by atoms with Gasteiger partial charge < -0.3 is 9.64 Å². The van der Waals surface area contributed by atoms with Crippen LogP contribution < -0.4 is 4.74 Å². The van der Waals surface area contributed by atoms with Gasteiger partial charge in [0.1, 0.15) is 22.2 Å². The topological polar surface area (TPSA) is 63.7 Å². The van der Waals surface area contributed by atoms with Crippen molar-refractivity contribution in [2.75, 3.05) is 24.7 Å². The van der Waals surface area contributed by atoms with Crippen molar-refractivity contribution in [2.45, 2.75) is 55.9 Å². The fourth-order valence-electron chi connectivity index (χ4n) is 6.09. The molecule has 5 rings (SSSR count). The molecule has 3 heterocycles. The standard InChI is InChI=1S/C27H28ClF4NO4S/c1-25(29,27(30,31)32)19-4-7-21-22(14-19)37-16-23-26(21,15-17-2-5-20(28)6-3-17)10-11-33(23)24(34)18-8-12-38(35,36)13-9-18/h2-7,14,18,23H,8-13,15-16H2,1H3. The number of carbonyl (C=O) groups is 1. The zero-order valence-corrected chi connectivity index (χ0v) is 22.3. The minimum atomic E-state index is -5.09. The van der Waals surface area contributed by atoms with Gasteiger partial charge in [-0.3, -0.25) is 4.79 Å². The molecule has 2 fully saturated rings. The minimum Gasteiger partial charge on any atom is -0.491 e. The molecule has 38 heavy (non-hydrogen) atoms. The van der Waals surface area contributed by atoms with E-state index in [1.165, 1.54) is 6.07 Å². The van der Waals surface area contributed by atoms with Crippen LogP contribution in [0.4, 0.5) is 17.6 Å². The quantitative estimate of drug-likeness (QED) is 0.461. The molecule has 11 heteroatoms. The SMILES string of the molecule is CC(F)(c1ccc2c(c1)OCC1N(C(=O)C3CCS(=O)(=O)CC3)CCC21Cc1ccc(Cl)cc1)C(F)(F)F. The molecule has 0 radical (unpaired) electrons. The second-order valence-electron chi connectivity index (χ2n) is 10.7. The van der Waals surface area contributed by atoms with E-state index in [2.05, 4.69) is 0 Å². The molecule has 2 saturated heterocycles. The maximum Gasteiger partial charge on any atom is 0.426 e. The molecule has 3 atom stereocenters. The molecule has 2 aromatic carbocycles. The fourth-order valence-corrected chi connectivity index (χ4v) is 7.70. The summed E-state index contributed by atoms with van der Waals surface area (Å²) in [5.74, 6) is -0.408. The van der Waals surface area contributed by atoms with Crippen LogP contribution in [0.5, 0.6) is 5.75 Å². The van der Waals surface area contributed by atoms with Crippen molar-refractivity contribution in [1.82, 2.24) is 4.90 Å². The summed E-state index contributed by atoms with van der Waals surface area (Å²) >= 11 is 6.07. The lowest BCUT2D eigenvalue weighted by Gasteiger charge is -2.44. The fraction of sp³-hybridized carbons (Fsp3) is 0.519. The van der Waals surface area contributed by atoms with Crippen molar-refractivity contribution in [1.29, 1.82) is 0 Å². The molecule has 0 aliphatic carbocycles. The second kappa shape index (κ2) is 9.40. The molecule has 3 aliphatic heterocycles. The summed E-state index contributed by atoms with van der Waals surface area (Å²) in [7, 11) is -3.14. The lowest BCUT2D eigenvalue weighted by molar-refractivity contribution is -0.228. The Hall–Kier alpha value is -2.33. The number of hydrogen-bond acceptors (Lipinski definition) is 4. The molecule has 0 aromatic heterocycles. The van der Waals surface area contributed by atoms with Gasteiger partial charge >= 0.3 is 6.18 Å². The van der Waals surface area contributed by atoms with E-state index in [4.69, 9.17) is 16.3 Å². The number of benzene rings is 2. The molecule has 0 spiro atoms. The number of fused-ring (bicyclic) bond motifs is 3. The zero-order valence-electron chi connectivity index (χ0n) is 20.7. The predicted octanol–water partition coefficient (Wildman–Crippen LogP) is 5.39. The highest BCUT2D eigenvalue weighted by atomic mass is 35.5. The molecule has 2 aromatic rings. The molecular weight excluding hydrogens is 546 g/mol. The summed E-state index contributed by atoms with van der Waals surface area (Å²) in [4.78, 5) is 15.4. The summed E-state index contributed by atoms with van der Waals surface area (Å²) in [6.07, 6.45) is -3.56. The van der Waals surface area contributed by atoms with Crippen LogP contribution in [0, 0.1) is 5.92 Å². The number of sulfone groups is 1. The van der Waals surface area contributed by atoms with Crippen LogP contribution in [-0.2, 0) is 32.1 Å². The number of amides is 1. The van der Waals surface area contributed by atoms with Gasteiger partial charge in [-0.05, 0) is 56.4 Å². The smallest absolute Gasteiger partial charge is 0.426 e.